The summed E-state index contributed by atoms with van der Waals surface area (Å²) >= 11 is 0. The molecule has 1 aliphatic heterocycles. The molecule has 0 atom stereocenters. The van der Waals surface area contributed by atoms with Gasteiger partial charge in [-0.15, -0.1) is 0 Å². The van der Waals surface area contributed by atoms with E-state index in [1.54, 1.807) is 4.90 Å². The van der Waals surface area contributed by atoms with Crippen molar-refractivity contribution < 1.29 is 18.0 Å². The highest BCUT2D eigenvalue weighted by Crippen LogP contribution is 2.28. The number of aryl methyl sites for hydroxylation is 3. The predicted octanol–water partition coefficient (Wildman–Crippen LogP) is 3.92. The second kappa shape index (κ2) is 9.73. The minimum Gasteiger partial charge on any atom is -0.326 e. The van der Waals surface area contributed by atoms with Gasteiger partial charge in [0.15, 0.2) is 0 Å². The fourth-order valence-electron chi connectivity index (χ4n) is 4.07. The lowest BCUT2D eigenvalue weighted by atomic mass is 10.1. The molecule has 2 amide bonds. The lowest BCUT2D eigenvalue weighted by Gasteiger charge is -2.23. The van der Waals surface area contributed by atoms with E-state index < -0.39 is 10.0 Å². The van der Waals surface area contributed by atoms with Crippen LogP contribution in [0.15, 0.2) is 36.4 Å². The van der Waals surface area contributed by atoms with Gasteiger partial charge in [0, 0.05) is 37.3 Å². The van der Waals surface area contributed by atoms with Crippen molar-refractivity contribution in [2.75, 3.05) is 33.9 Å². The van der Waals surface area contributed by atoms with Crippen molar-refractivity contribution in [2.45, 2.75) is 46.5 Å². The molecule has 1 aliphatic rings. The second-order valence-electron chi connectivity index (χ2n) is 8.48. The summed E-state index contributed by atoms with van der Waals surface area (Å²) in [5, 5.41) is 2.87. The summed E-state index contributed by atoms with van der Waals surface area (Å²) in [7, 11) is -3.47. The van der Waals surface area contributed by atoms with Crippen LogP contribution in [0, 0.1) is 20.8 Å². The molecule has 8 heteroatoms. The van der Waals surface area contributed by atoms with E-state index in [4.69, 9.17) is 0 Å². The summed E-state index contributed by atoms with van der Waals surface area (Å²) in [6.45, 7) is 6.71. The number of carbonyl (C=O) groups is 2. The van der Waals surface area contributed by atoms with Gasteiger partial charge < -0.3 is 10.2 Å². The molecular weight excluding hydrogens is 426 g/mol. The van der Waals surface area contributed by atoms with Crippen LogP contribution < -0.4 is 14.5 Å². The van der Waals surface area contributed by atoms with Crippen LogP contribution in [-0.4, -0.2) is 39.6 Å². The second-order valence-corrected chi connectivity index (χ2v) is 10.4. The SMILES string of the molecule is Cc1cc(C)cc(N(CCCC(=O)Nc2ccc(C)c(N3CCCC3=O)c2)S(C)(=O)=O)c1. The highest BCUT2D eigenvalue weighted by atomic mass is 32.2. The van der Waals surface area contributed by atoms with Gasteiger partial charge in [-0.2, -0.15) is 0 Å². The number of amides is 2. The number of nitrogens with zero attached hydrogens (tertiary/aromatic N) is 2. The van der Waals surface area contributed by atoms with Crippen molar-refractivity contribution in [1.82, 2.24) is 0 Å². The van der Waals surface area contributed by atoms with Crippen molar-refractivity contribution in [3.05, 3.63) is 53.1 Å². The number of hydrogen-bond acceptors (Lipinski definition) is 4. The van der Waals surface area contributed by atoms with Crippen LogP contribution in [0.25, 0.3) is 0 Å². The first-order valence-electron chi connectivity index (χ1n) is 10.8. The van der Waals surface area contributed by atoms with Crippen molar-refractivity contribution in [1.29, 1.82) is 0 Å². The minimum absolute atomic E-state index is 0.101. The molecular formula is C24H31N3O4S. The molecule has 0 spiro atoms. The van der Waals surface area contributed by atoms with Crippen LogP contribution in [0.1, 0.15) is 42.4 Å². The van der Waals surface area contributed by atoms with Crippen LogP contribution in [-0.2, 0) is 19.6 Å². The monoisotopic (exact) mass is 457 g/mol. The standard InChI is InChI=1S/C24H31N3O4S/c1-17-13-18(2)15-21(14-17)27(32(4,30)31)12-5-7-23(28)25-20-10-9-19(3)22(16-20)26-11-6-8-24(26)29/h9-10,13-16H,5-8,11-12H2,1-4H3,(H,25,28). The van der Waals surface area contributed by atoms with E-state index >= 15 is 0 Å². The molecule has 0 unspecified atom stereocenters. The molecule has 2 aromatic carbocycles. The van der Waals surface area contributed by atoms with Gasteiger partial charge in [-0.1, -0.05) is 12.1 Å². The van der Waals surface area contributed by atoms with E-state index in [1.165, 1.54) is 10.6 Å². The van der Waals surface area contributed by atoms with Crippen LogP contribution in [0.4, 0.5) is 17.1 Å². The Labute approximate surface area is 190 Å². The summed E-state index contributed by atoms with van der Waals surface area (Å²) < 4.78 is 26.0. The van der Waals surface area contributed by atoms with Gasteiger partial charge >= 0.3 is 0 Å². The molecule has 1 heterocycles. The largest absolute Gasteiger partial charge is 0.326 e. The summed E-state index contributed by atoms with van der Waals surface area (Å²) in [5.41, 5.74) is 5.02. The number of sulfonamides is 1. The van der Waals surface area contributed by atoms with E-state index in [0.29, 0.717) is 30.8 Å². The number of hydrogen-bond donors (Lipinski definition) is 1. The van der Waals surface area contributed by atoms with Gasteiger partial charge in [0.1, 0.15) is 0 Å². The summed E-state index contributed by atoms with van der Waals surface area (Å²) in [6, 6.07) is 11.2. The Bertz CT molecular complexity index is 1110. The Hall–Kier alpha value is -2.87. The fourth-order valence-corrected chi connectivity index (χ4v) is 5.02. The molecule has 1 N–H and O–H groups in total. The zero-order chi connectivity index (χ0) is 23.5. The highest BCUT2D eigenvalue weighted by molar-refractivity contribution is 7.92. The van der Waals surface area contributed by atoms with Crippen LogP contribution >= 0.6 is 0 Å². The number of anilines is 3. The first-order chi connectivity index (χ1) is 15.0. The summed E-state index contributed by atoms with van der Waals surface area (Å²) in [6.07, 6.45) is 3.13. The van der Waals surface area contributed by atoms with Crippen molar-refractivity contribution in [3.8, 4) is 0 Å². The van der Waals surface area contributed by atoms with Gasteiger partial charge in [-0.25, -0.2) is 8.42 Å². The Morgan fingerprint density at radius 2 is 1.78 bits per heavy atom. The Balaban J connectivity index is 1.63. The quantitative estimate of drug-likeness (QED) is 0.651. The molecule has 1 fully saturated rings. The number of carbonyl (C=O) groups excluding carboxylic acids is 2. The van der Waals surface area contributed by atoms with Gasteiger partial charge in [0.2, 0.25) is 21.8 Å². The van der Waals surface area contributed by atoms with Crippen molar-refractivity contribution in [3.63, 3.8) is 0 Å². The third-order valence-electron chi connectivity index (χ3n) is 5.52. The van der Waals surface area contributed by atoms with Gasteiger partial charge in [0.25, 0.3) is 0 Å². The maximum absolute atomic E-state index is 12.5. The zero-order valence-electron chi connectivity index (χ0n) is 19.1. The highest BCUT2D eigenvalue weighted by Gasteiger charge is 2.23. The molecule has 3 rings (SSSR count). The zero-order valence-corrected chi connectivity index (χ0v) is 20.0. The van der Waals surface area contributed by atoms with E-state index in [0.717, 1.165) is 28.8 Å². The predicted molar refractivity (Wildman–Crippen MR) is 129 cm³/mol. The average Bonchev–Trinajstić information content (AvgIpc) is 3.10. The first-order valence-corrected chi connectivity index (χ1v) is 12.7. The van der Waals surface area contributed by atoms with Crippen LogP contribution in [0.5, 0.6) is 0 Å². The maximum Gasteiger partial charge on any atom is 0.232 e. The Morgan fingerprint density at radius 3 is 2.38 bits per heavy atom. The van der Waals surface area contributed by atoms with E-state index in [1.807, 2.05) is 57.2 Å². The van der Waals surface area contributed by atoms with E-state index in [9.17, 15) is 18.0 Å². The number of benzene rings is 2. The molecule has 0 aromatic heterocycles. The minimum atomic E-state index is -3.47. The lowest BCUT2D eigenvalue weighted by molar-refractivity contribution is -0.117. The van der Waals surface area contributed by atoms with E-state index in [2.05, 4.69) is 5.32 Å². The first kappa shape index (κ1) is 23.8. The Morgan fingerprint density at radius 1 is 1.09 bits per heavy atom. The van der Waals surface area contributed by atoms with Crippen LogP contribution in [0.3, 0.4) is 0 Å². The Kier molecular flexibility index (Phi) is 7.23. The summed E-state index contributed by atoms with van der Waals surface area (Å²) in [5.74, 6) is -0.0924. The topological polar surface area (TPSA) is 86.8 Å². The van der Waals surface area contributed by atoms with E-state index in [-0.39, 0.29) is 24.8 Å². The third kappa shape index (κ3) is 5.88. The molecule has 0 aliphatic carbocycles. The maximum atomic E-state index is 12.5. The smallest absolute Gasteiger partial charge is 0.232 e. The van der Waals surface area contributed by atoms with Crippen LogP contribution in [0.2, 0.25) is 0 Å². The molecule has 172 valence electrons. The molecule has 1 saturated heterocycles. The fraction of sp³-hybridized carbons (Fsp3) is 0.417. The summed E-state index contributed by atoms with van der Waals surface area (Å²) in [4.78, 5) is 26.4. The number of nitrogens with one attached hydrogen (secondary N) is 1. The lowest BCUT2D eigenvalue weighted by Crippen LogP contribution is -2.31. The van der Waals surface area contributed by atoms with Gasteiger partial charge in [0.05, 0.1) is 11.9 Å². The van der Waals surface area contributed by atoms with Gasteiger partial charge in [-0.3, -0.25) is 13.9 Å². The van der Waals surface area contributed by atoms with Crippen molar-refractivity contribution in [2.24, 2.45) is 0 Å². The molecule has 0 saturated carbocycles. The average molecular weight is 458 g/mol. The normalized spacial score (nSPS) is 14.0. The molecule has 7 nitrogen and oxygen atoms in total. The van der Waals surface area contributed by atoms with Gasteiger partial charge in [-0.05, 0) is 74.6 Å². The third-order valence-corrected chi connectivity index (χ3v) is 6.71. The molecule has 32 heavy (non-hydrogen) atoms. The molecule has 0 bridgehead atoms. The van der Waals surface area contributed by atoms with Crippen molar-refractivity contribution >= 4 is 38.9 Å². The number of rotatable bonds is 8. The molecule has 2 aromatic rings. The molecule has 0 radical (unpaired) electrons.